The SMILES string of the molecule is COC(=O)[C@@H](CC(C)C)NC(=O)c1ccc(OC)c(C)c1. The third-order valence-electron chi connectivity index (χ3n) is 3.16. The molecule has 0 aliphatic heterocycles. The van der Waals surface area contributed by atoms with Crippen LogP contribution in [0.3, 0.4) is 0 Å². The highest BCUT2D eigenvalue weighted by Gasteiger charge is 2.23. The van der Waals surface area contributed by atoms with Gasteiger partial charge in [-0.3, -0.25) is 4.79 Å². The van der Waals surface area contributed by atoms with Gasteiger partial charge in [-0.25, -0.2) is 4.79 Å². The van der Waals surface area contributed by atoms with Crippen molar-refractivity contribution in [1.82, 2.24) is 5.32 Å². The van der Waals surface area contributed by atoms with E-state index >= 15 is 0 Å². The molecule has 21 heavy (non-hydrogen) atoms. The monoisotopic (exact) mass is 293 g/mol. The highest BCUT2D eigenvalue weighted by atomic mass is 16.5. The maximum Gasteiger partial charge on any atom is 0.328 e. The Morgan fingerprint density at radius 2 is 1.90 bits per heavy atom. The lowest BCUT2D eigenvalue weighted by molar-refractivity contribution is -0.143. The van der Waals surface area contributed by atoms with Gasteiger partial charge in [-0.2, -0.15) is 0 Å². The number of aryl methyl sites for hydroxylation is 1. The first-order valence-corrected chi connectivity index (χ1v) is 6.92. The average molecular weight is 293 g/mol. The number of benzene rings is 1. The summed E-state index contributed by atoms with van der Waals surface area (Å²) in [6.07, 6.45) is 0.535. The number of ether oxygens (including phenoxy) is 2. The van der Waals surface area contributed by atoms with Gasteiger partial charge < -0.3 is 14.8 Å². The number of carbonyl (C=O) groups excluding carboxylic acids is 2. The summed E-state index contributed by atoms with van der Waals surface area (Å²) in [6.45, 7) is 5.83. The lowest BCUT2D eigenvalue weighted by Gasteiger charge is -2.18. The Hall–Kier alpha value is -2.04. The second kappa shape index (κ2) is 7.67. The van der Waals surface area contributed by atoms with Crippen molar-refractivity contribution in [3.63, 3.8) is 0 Å². The quantitative estimate of drug-likeness (QED) is 0.818. The van der Waals surface area contributed by atoms with Crippen molar-refractivity contribution in [2.75, 3.05) is 14.2 Å². The summed E-state index contributed by atoms with van der Waals surface area (Å²) < 4.78 is 9.90. The topological polar surface area (TPSA) is 64.6 Å². The van der Waals surface area contributed by atoms with Gasteiger partial charge >= 0.3 is 5.97 Å². The lowest BCUT2D eigenvalue weighted by Crippen LogP contribution is -2.42. The Kier molecular flexibility index (Phi) is 6.21. The van der Waals surface area contributed by atoms with Crippen LogP contribution in [0.15, 0.2) is 18.2 Å². The van der Waals surface area contributed by atoms with E-state index in [2.05, 4.69) is 5.32 Å². The Morgan fingerprint density at radius 1 is 1.24 bits per heavy atom. The van der Waals surface area contributed by atoms with Crippen molar-refractivity contribution in [3.05, 3.63) is 29.3 Å². The normalized spacial score (nSPS) is 11.9. The third kappa shape index (κ3) is 4.77. The lowest BCUT2D eigenvalue weighted by atomic mass is 10.0. The summed E-state index contributed by atoms with van der Waals surface area (Å²) in [6, 6.07) is 4.51. The first kappa shape index (κ1) is 17.0. The minimum absolute atomic E-state index is 0.270. The summed E-state index contributed by atoms with van der Waals surface area (Å²) in [4.78, 5) is 24.0. The molecule has 0 bridgehead atoms. The smallest absolute Gasteiger partial charge is 0.328 e. The fourth-order valence-corrected chi connectivity index (χ4v) is 2.09. The Balaban J connectivity index is 2.86. The molecule has 0 radical (unpaired) electrons. The van der Waals surface area contributed by atoms with Crippen LogP contribution < -0.4 is 10.1 Å². The van der Waals surface area contributed by atoms with Crippen molar-refractivity contribution in [3.8, 4) is 5.75 Å². The van der Waals surface area contributed by atoms with Crippen molar-refractivity contribution < 1.29 is 19.1 Å². The van der Waals surface area contributed by atoms with Gasteiger partial charge in [0.25, 0.3) is 5.91 Å². The molecule has 5 heteroatoms. The van der Waals surface area contributed by atoms with Crippen LogP contribution in [0.25, 0.3) is 0 Å². The fraction of sp³-hybridized carbons (Fsp3) is 0.500. The van der Waals surface area contributed by atoms with Gasteiger partial charge in [-0.1, -0.05) is 13.8 Å². The van der Waals surface area contributed by atoms with Gasteiger partial charge in [-0.05, 0) is 43.0 Å². The second-order valence-electron chi connectivity index (χ2n) is 5.36. The van der Waals surface area contributed by atoms with Crippen LogP contribution in [0.4, 0.5) is 0 Å². The van der Waals surface area contributed by atoms with Crippen LogP contribution >= 0.6 is 0 Å². The van der Waals surface area contributed by atoms with Crippen LogP contribution in [0.1, 0.15) is 36.2 Å². The summed E-state index contributed by atoms with van der Waals surface area (Å²) in [5.41, 5.74) is 1.36. The summed E-state index contributed by atoms with van der Waals surface area (Å²) in [5, 5.41) is 2.73. The van der Waals surface area contributed by atoms with Crippen molar-refractivity contribution in [2.24, 2.45) is 5.92 Å². The van der Waals surface area contributed by atoms with Gasteiger partial charge in [0.15, 0.2) is 0 Å². The van der Waals surface area contributed by atoms with E-state index in [1.165, 1.54) is 7.11 Å². The van der Waals surface area contributed by atoms with E-state index in [0.717, 1.165) is 11.3 Å². The zero-order valence-electron chi connectivity index (χ0n) is 13.2. The van der Waals surface area contributed by atoms with E-state index in [0.29, 0.717) is 12.0 Å². The maximum atomic E-state index is 12.2. The van der Waals surface area contributed by atoms with Crippen LogP contribution in [0.5, 0.6) is 5.75 Å². The van der Waals surface area contributed by atoms with Gasteiger partial charge in [0.05, 0.1) is 14.2 Å². The Bertz CT molecular complexity index is 511. The number of rotatable bonds is 6. The Morgan fingerprint density at radius 3 is 2.38 bits per heavy atom. The molecule has 0 unspecified atom stereocenters. The number of methoxy groups -OCH3 is 2. The van der Waals surface area contributed by atoms with Crippen LogP contribution in [-0.4, -0.2) is 32.1 Å². The van der Waals surface area contributed by atoms with E-state index in [1.807, 2.05) is 20.8 Å². The van der Waals surface area contributed by atoms with Crippen LogP contribution in [0, 0.1) is 12.8 Å². The van der Waals surface area contributed by atoms with Gasteiger partial charge in [0.2, 0.25) is 0 Å². The summed E-state index contributed by atoms with van der Waals surface area (Å²) in [7, 11) is 2.90. The van der Waals surface area contributed by atoms with E-state index < -0.39 is 12.0 Å². The molecule has 1 N–H and O–H groups in total. The highest BCUT2D eigenvalue weighted by molar-refractivity contribution is 5.97. The summed E-state index contributed by atoms with van der Waals surface area (Å²) in [5.74, 6) is 0.268. The number of hydrogen-bond acceptors (Lipinski definition) is 4. The predicted molar refractivity (Wildman–Crippen MR) is 80.5 cm³/mol. The van der Waals surface area contributed by atoms with Crippen LogP contribution in [0.2, 0.25) is 0 Å². The van der Waals surface area contributed by atoms with Gasteiger partial charge in [-0.15, -0.1) is 0 Å². The molecular weight excluding hydrogens is 270 g/mol. The first-order valence-electron chi connectivity index (χ1n) is 6.92. The van der Waals surface area contributed by atoms with Gasteiger partial charge in [0, 0.05) is 5.56 Å². The maximum absolute atomic E-state index is 12.2. The molecule has 1 amide bonds. The first-order chi connectivity index (χ1) is 9.88. The van der Waals surface area contributed by atoms with Gasteiger partial charge in [0.1, 0.15) is 11.8 Å². The molecule has 0 aliphatic carbocycles. The number of amides is 1. The number of esters is 1. The molecule has 1 aromatic rings. The molecule has 0 saturated carbocycles. The van der Waals surface area contributed by atoms with E-state index in [9.17, 15) is 9.59 Å². The van der Waals surface area contributed by atoms with Crippen molar-refractivity contribution in [2.45, 2.75) is 33.2 Å². The second-order valence-corrected chi connectivity index (χ2v) is 5.36. The molecular formula is C16H23NO4. The molecule has 1 rings (SSSR count). The van der Waals surface area contributed by atoms with E-state index in [4.69, 9.17) is 9.47 Å². The molecule has 0 spiro atoms. The van der Waals surface area contributed by atoms with Crippen molar-refractivity contribution in [1.29, 1.82) is 0 Å². The Labute approximate surface area is 125 Å². The van der Waals surface area contributed by atoms with E-state index in [1.54, 1.807) is 25.3 Å². The number of nitrogens with one attached hydrogen (secondary N) is 1. The molecule has 1 atom stereocenters. The molecule has 0 fully saturated rings. The predicted octanol–water partition coefficient (Wildman–Crippen LogP) is 2.32. The highest BCUT2D eigenvalue weighted by Crippen LogP contribution is 2.18. The minimum Gasteiger partial charge on any atom is -0.496 e. The third-order valence-corrected chi connectivity index (χ3v) is 3.16. The molecule has 1 aromatic carbocycles. The zero-order valence-corrected chi connectivity index (χ0v) is 13.2. The van der Waals surface area contributed by atoms with E-state index in [-0.39, 0.29) is 11.8 Å². The zero-order chi connectivity index (χ0) is 16.0. The molecule has 0 heterocycles. The standard InChI is InChI=1S/C16H23NO4/c1-10(2)8-13(16(19)21-5)17-15(18)12-6-7-14(20-4)11(3)9-12/h6-7,9-10,13H,8H2,1-5H3,(H,17,18)/t13-/m1/s1. The summed E-state index contributed by atoms with van der Waals surface area (Å²) >= 11 is 0. The number of carbonyl (C=O) groups is 2. The molecule has 0 saturated heterocycles. The largest absolute Gasteiger partial charge is 0.496 e. The minimum atomic E-state index is -0.634. The molecule has 5 nitrogen and oxygen atoms in total. The molecule has 116 valence electrons. The molecule has 0 aliphatic rings. The number of hydrogen-bond donors (Lipinski definition) is 1. The average Bonchev–Trinajstić information content (AvgIpc) is 2.44. The van der Waals surface area contributed by atoms with Crippen LogP contribution in [-0.2, 0) is 9.53 Å². The fourth-order valence-electron chi connectivity index (χ4n) is 2.09. The van der Waals surface area contributed by atoms with Crippen molar-refractivity contribution >= 4 is 11.9 Å². The molecule has 0 aromatic heterocycles.